The topological polar surface area (TPSA) is 37.3 Å². The SMILES string of the molecule is CC1(C)CC/C(=C\O)C(=O)C1. The van der Waals surface area contributed by atoms with E-state index in [9.17, 15) is 4.79 Å². The van der Waals surface area contributed by atoms with Crippen LogP contribution in [0.3, 0.4) is 0 Å². The average molecular weight is 154 g/mol. The molecule has 1 fully saturated rings. The van der Waals surface area contributed by atoms with Crippen LogP contribution in [0.25, 0.3) is 0 Å². The number of Topliss-reactive ketones (excluding diaryl/α,β-unsaturated/α-hetero) is 1. The van der Waals surface area contributed by atoms with Crippen molar-refractivity contribution < 1.29 is 9.90 Å². The fraction of sp³-hybridized carbons (Fsp3) is 0.667. The van der Waals surface area contributed by atoms with Gasteiger partial charge in [0.25, 0.3) is 0 Å². The van der Waals surface area contributed by atoms with E-state index in [2.05, 4.69) is 13.8 Å². The number of allylic oxidation sites excluding steroid dienone is 1. The minimum absolute atomic E-state index is 0.101. The molecule has 0 aromatic carbocycles. The van der Waals surface area contributed by atoms with Crippen molar-refractivity contribution in [3.8, 4) is 0 Å². The Bertz CT molecular complexity index is 202. The van der Waals surface area contributed by atoms with Gasteiger partial charge in [-0.05, 0) is 18.3 Å². The quantitative estimate of drug-likeness (QED) is 0.429. The van der Waals surface area contributed by atoms with Gasteiger partial charge in [0.15, 0.2) is 5.78 Å². The first-order valence-corrected chi connectivity index (χ1v) is 3.92. The first kappa shape index (κ1) is 8.31. The van der Waals surface area contributed by atoms with Crippen molar-refractivity contribution in [3.63, 3.8) is 0 Å². The number of rotatable bonds is 0. The van der Waals surface area contributed by atoms with Crippen molar-refractivity contribution in [2.75, 3.05) is 0 Å². The summed E-state index contributed by atoms with van der Waals surface area (Å²) in [4.78, 5) is 11.2. The summed E-state index contributed by atoms with van der Waals surface area (Å²) in [5, 5.41) is 8.65. The molecular formula is C9H14O2. The molecule has 0 spiro atoms. The second-order valence-corrected chi connectivity index (χ2v) is 3.92. The van der Waals surface area contributed by atoms with Gasteiger partial charge in [-0.1, -0.05) is 13.8 Å². The van der Waals surface area contributed by atoms with Crippen LogP contribution in [-0.4, -0.2) is 10.9 Å². The molecule has 0 aliphatic heterocycles. The zero-order valence-corrected chi connectivity index (χ0v) is 7.05. The first-order valence-electron chi connectivity index (χ1n) is 3.92. The summed E-state index contributed by atoms with van der Waals surface area (Å²) in [7, 11) is 0. The molecule has 1 aliphatic carbocycles. The number of aliphatic hydroxyl groups is 1. The van der Waals surface area contributed by atoms with E-state index in [0.29, 0.717) is 12.0 Å². The third kappa shape index (κ3) is 1.82. The van der Waals surface area contributed by atoms with E-state index < -0.39 is 0 Å². The second kappa shape index (κ2) is 2.68. The van der Waals surface area contributed by atoms with Crippen LogP contribution in [0.4, 0.5) is 0 Å². The highest BCUT2D eigenvalue weighted by Crippen LogP contribution is 2.35. The molecule has 0 bridgehead atoms. The van der Waals surface area contributed by atoms with Crippen LogP contribution in [0.2, 0.25) is 0 Å². The first-order chi connectivity index (χ1) is 5.05. The number of carbonyl (C=O) groups is 1. The van der Waals surface area contributed by atoms with E-state index in [1.807, 2.05) is 0 Å². The summed E-state index contributed by atoms with van der Waals surface area (Å²) in [6.45, 7) is 4.16. The van der Waals surface area contributed by atoms with Gasteiger partial charge in [-0.2, -0.15) is 0 Å². The van der Waals surface area contributed by atoms with Gasteiger partial charge in [-0.3, -0.25) is 4.79 Å². The molecule has 0 atom stereocenters. The van der Waals surface area contributed by atoms with Gasteiger partial charge in [0.05, 0.1) is 6.26 Å². The van der Waals surface area contributed by atoms with Gasteiger partial charge >= 0.3 is 0 Å². The van der Waals surface area contributed by atoms with Crippen molar-refractivity contribution in [3.05, 3.63) is 11.8 Å². The molecule has 1 aliphatic rings. The van der Waals surface area contributed by atoms with Crippen molar-refractivity contribution in [2.24, 2.45) is 5.41 Å². The number of carbonyl (C=O) groups excluding carboxylic acids is 1. The number of hydrogen-bond donors (Lipinski definition) is 1. The summed E-state index contributed by atoms with van der Waals surface area (Å²) >= 11 is 0. The molecule has 0 radical (unpaired) electrons. The number of hydrogen-bond acceptors (Lipinski definition) is 2. The molecule has 11 heavy (non-hydrogen) atoms. The zero-order chi connectivity index (χ0) is 8.48. The Balaban J connectivity index is 2.70. The van der Waals surface area contributed by atoms with Crippen LogP contribution in [0.15, 0.2) is 11.8 Å². The molecule has 0 amide bonds. The summed E-state index contributed by atoms with van der Waals surface area (Å²) in [6.07, 6.45) is 3.24. The molecular weight excluding hydrogens is 140 g/mol. The standard InChI is InChI=1S/C9H14O2/c1-9(2)4-3-7(6-10)8(11)5-9/h6,10H,3-5H2,1-2H3/b7-6+. The minimum atomic E-state index is 0.101. The van der Waals surface area contributed by atoms with E-state index in [1.54, 1.807) is 0 Å². The fourth-order valence-corrected chi connectivity index (χ4v) is 1.39. The normalized spacial score (nSPS) is 27.5. The Morgan fingerprint density at radius 2 is 2.18 bits per heavy atom. The van der Waals surface area contributed by atoms with Gasteiger partial charge < -0.3 is 5.11 Å². The maximum absolute atomic E-state index is 11.2. The lowest BCUT2D eigenvalue weighted by Gasteiger charge is -2.28. The molecule has 1 saturated carbocycles. The fourth-order valence-electron chi connectivity index (χ4n) is 1.39. The summed E-state index contributed by atoms with van der Waals surface area (Å²) in [5.41, 5.74) is 0.716. The van der Waals surface area contributed by atoms with Gasteiger partial charge in [0.2, 0.25) is 0 Å². The minimum Gasteiger partial charge on any atom is -0.515 e. The third-order valence-corrected chi connectivity index (χ3v) is 2.22. The molecule has 62 valence electrons. The Morgan fingerprint density at radius 3 is 2.64 bits per heavy atom. The molecule has 2 nitrogen and oxygen atoms in total. The Hall–Kier alpha value is -0.790. The molecule has 0 unspecified atom stereocenters. The lowest BCUT2D eigenvalue weighted by molar-refractivity contribution is -0.119. The molecule has 0 saturated heterocycles. The lowest BCUT2D eigenvalue weighted by atomic mass is 9.75. The summed E-state index contributed by atoms with van der Waals surface area (Å²) in [5.74, 6) is 0.101. The van der Waals surface area contributed by atoms with Crippen LogP contribution < -0.4 is 0 Å². The van der Waals surface area contributed by atoms with Gasteiger partial charge in [0, 0.05) is 12.0 Å². The molecule has 1 N–H and O–H groups in total. The highest BCUT2D eigenvalue weighted by molar-refractivity contribution is 5.96. The molecule has 1 rings (SSSR count). The van der Waals surface area contributed by atoms with Gasteiger partial charge in [0.1, 0.15) is 0 Å². The zero-order valence-electron chi connectivity index (χ0n) is 7.05. The highest BCUT2D eigenvalue weighted by Gasteiger charge is 2.29. The van der Waals surface area contributed by atoms with Crippen molar-refractivity contribution in [1.82, 2.24) is 0 Å². The smallest absolute Gasteiger partial charge is 0.162 e. The predicted molar refractivity (Wildman–Crippen MR) is 43.4 cm³/mol. The predicted octanol–water partition coefficient (Wildman–Crippen LogP) is 2.21. The molecule has 0 heterocycles. The summed E-state index contributed by atoms with van der Waals surface area (Å²) < 4.78 is 0. The van der Waals surface area contributed by atoms with E-state index in [0.717, 1.165) is 19.1 Å². The van der Waals surface area contributed by atoms with Crippen molar-refractivity contribution >= 4 is 5.78 Å². The second-order valence-electron chi connectivity index (χ2n) is 3.92. The van der Waals surface area contributed by atoms with Crippen molar-refractivity contribution in [2.45, 2.75) is 33.1 Å². The Kier molecular flexibility index (Phi) is 2.03. The van der Waals surface area contributed by atoms with Crippen LogP contribution >= 0.6 is 0 Å². The maximum Gasteiger partial charge on any atom is 0.162 e. The largest absolute Gasteiger partial charge is 0.515 e. The third-order valence-electron chi connectivity index (χ3n) is 2.22. The van der Waals surface area contributed by atoms with Crippen LogP contribution in [0, 0.1) is 5.41 Å². The van der Waals surface area contributed by atoms with Crippen LogP contribution in [0.5, 0.6) is 0 Å². The van der Waals surface area contributed by atoms with E-state index in [4.69, 9.17) is 5.11 Å². The van der Waals surface area contributed by atoms with Crippen LogP contribution in [0.1, 0.15) is 33.1 Å². The average Bonchev–Trinajstić information content (AvgIpc) is 1.86. The van der Waals surface area contributed by atoms with Gasteiger partial charge in [-0.15, -0.1) is 0 Å². The van der Waals surface area contributed by atoms with E-state index in [-0.39, 0.29) is 11.2 Å². The van der Waals surface area contributed by atoms with E-state index in [1.165, 1.54) is 0 Å². The summed E-state index contributed by atoms with van der Waals surface area (Å²) in [6, 6.07) is 0. The lowest BCUT2D eigenvalue weighted by Crippen LogP contribution is -2.24. The maximum atomic E-state index is 11.2. The molecule has 2 heteroatoms. The van der Waals surface area contributed by atoms with Gasteiger partial charge in [-0.25, -0.2) is 0 Å². The number of aliphatic hydroxyl groups excluding tert-OH is 1. The van der Waals surface area contributed by atoms with Crippen LogP contribution in [-0.2, 0) is 4.79 Å². The van der Waals surface area contributed by atoms with Crippen molar-refractivity contribution in [1.29, 1.82) is 0 Å². The van der Waals surface area contributed by atoms with E-state index >= 15 is 0 Å². The molecule has 0 aromatic heterocycles. The Morgan fingerprint density at radius 1 is 1.55 bits per heavy atom. The Labute approximate surface area is 66.9 Å². The monoisotopic (exact) mass is 154 g/mol. The molecule has 0 aromatic rings. The number of ketones is 1. The highest BCUT2D eigenvalue weighted by atomic mass is 16.2.